The van der Waals surface area contributed by atoms with E-state index in [0.717, 1.165) is 32.5 Å². The predicted molar refractivity (Wildman–Crippen MR) is 64.3 cm³/mol. The number of aliphatic hydroxyl groups is 1. The maximum atomic E-state index is 9.96. The molecule has 0 aromatic carbocycles. The fourth-order valence-electron chi connectivity index (χ4n) is 2.27. The van der Waals surface area contributed by atoms with Crippen LogP contribution in [0.4, 0.5) is 0 Å². The van der Waals surface area contributed by atoms with E-state index in [1.807, 2.05) is 0 Å². The molecule has 1 aliphatic heterocycles. The van der Waals surface area contributed by atoms with Crippen LogP contribution in [0.5, 0.6) is 0 Å². The summed E-state index contributed by atoms with van der Waals surface area (Å²) in [5, 5.41) is 12.1. The summed E-state index contributed by atoms with van der Waals surface area (Å²) in [6, 6.07) is 4.26. The van der Waals surface area contributed by atoms with Gasteiger partial charge in [-0.25, -0.2) is 0 Å². The van der Waals surface area contributed by atoms with Gasteiger partial charge in [0.05, 0.1) is 6.10 Å². The van der Waals surface area contributed by atoms with Crippen molar-refractivity contribution in [3.63, 3.8) is 0 Å². The Morgan fingerprint density at radius 1 is 1.60 bits per heavy atom. The van der Waals surface area contributed by atoms with Gasteiger partial charge in [-0.15, -0.1) is 11.3 Å². The van der Waals surface area contributed by atoms with E-state index in [0.29, 0.717) is 5.92 Å². The summed E-state index contributed by atoms with van der Waals surface area (Å²) in [5.74, 6) is 0.428. The molecule has 15 heavy (non-hydrogen) atoms. The summed E-state index contributed by atoms with van der Waals surface area (Å²) >= 11 is 1.80. The third kappa shape index (κ3) is 2.80. The first-order chi connectivity index (χ1) is 7.29. The van der Waals surface area contributed by atoms with Crippen molar-refractivity contribution in [1.82, 2.24) is 4.90 Å². The summed E-state index contributed by atoms with van der Waals surface area (Å²) in [6.45, 7) is 5.40. The van der Waals surface area contributed by atoms with Crippen molar-refractivity contribution < 1.29 is 5.11 Å². The molecule has 1 saturated heterocycles. The molecule has 0 radical (unpaired) electrons. The molecule has 2 nitrogen and oxygen atoms in total. The largest absolute Gasteiger partial charge is 0.393 e. The molecule has 84 valence electrons. The predicted octanol–water partition coefficient (Wildman–Crippen LogP) is 1.99. The van der Waals surface area contributed by atoms with Gasteiger partial charge in [-0.3, -0.25) is 0 Å². The first kappa shape index (κ1) is 11.1. The number of thiophene rings is 1. The highest BCUT2D eigenvalue weighted by atomic mass is 32.1. The molecule has 2 unspecified atom stereocenters. The Balaban J connectivity index is 1.94. The van der Waals surface area contributed by atoms with Crippen LogP contribution in [-0.2, 0) is 6.42 Å². The Labute approximate surface area is 95.5 Å². The van der Waals surface area contributed by atoms with E-state index < -0.39 is 0 Å². The first-order valence-electron chi connectivity index (χ1n) is 5.72. The smallest absolute Gasteiger partial charge is 0.0596 e. The molecule has 2 heterocycles. The maximum absolute atomic E-state index is 9.96. The highest BCUT2D eigenvalue weighted by Crippen LogP contribution is 2.23. The number of hydrogen-bond acceptors (Lipinski definition) is 3. The zero-order valence-electron chi connectivity index (χ0n) is 9.22. The molecule has 1 aliphatic rings. The van der Waals surface area contributed by atoms with Crippen LogP contribution in [0.25, 0.3) is 0 Å². The molecule has 0 saturated carbocycles. The lowest BCUT2D eigenvalue weighted by molar-refractivity contribution is 0.0293. The molecule has 0 spiro atoms. The van der Waals surface area contributed by atoms with Crippen LogP contribution in [0.15, 0.2) is 17.5 Å². The van der Waals surface area contributed by atoms with E-state index in [1.54, 1.807) is 11.3 Å². The second kappa shape index (κ2) is 5.10. The quantitative estimate of drug-likeness (QED) is 0.850. The monoisotopic (exact) mass is 225 g/mol. The van der Waals surface area contributed by atoms with Crippen molar-refractivity contribution in [1.29, 1.82) is 0 Å². The Kier molecular flexibility index (Phi) is 3.78. The summed E-state index contributed by atoms with van der Waals surface area (Å²) in [4.78, 5) is 3.84. The minimum Gasteiger partial charge on any atom is -0.393 e. The zero-order chi connectivity index (χ0) is 10.7. The van der Waals surface area contributed by atoms with E-state index >= 15 is 0 Å². The summed E-state index contributed by atoms with van der Waals surface area (Å²) in [6.07, 6.45) is 1.87. The van der Waals surface area contributed by atoms with Crippen LogP contribution in [0.1, 0.15) is 18.2 Å². The first-order valence-corrected chi connectivity index (χ1v) is 6.60. The van der Waals surface area contributed by atoms with Gasteiger partial charge in [0.25, 0.3) is 0 Å². The Morgan fingerprint density at radius 3 is 3.13 bits per heavy atom. The maximum Gasteiger partial charge on any atom is 0.0596 e. The van der Waals surface area contributed by atoms with Crippen molar-refractivity contribution in [3.05, 3.63) is 22.4 Å². The lowest BCUT2D eigenvalue weighted by Gasteiger charge is -2.35. The highest BCUT2D eigenvalue weighted by Gasteiger charge is 2.27. The van der Waals surface area contributed by atoms with E-state index in [4.69, 9.17) is 0 Å². The van der Waals surface area contributed by atoms with Gasteiger partial charge < -0.3 is 10.0 Å². The van der Waals surface area contributed by atoms with Crippen molar-refractivity contribution in [2.45, 2.75) is 25.9 Å². The number of aliphatic hydroxyl groups excluding tert-OH is 1. The average Bonchev–Trinajstić information content (AvgIpc) is 2.74. The third-order valence-electron chi connectivity index (χ3n) is 3.27. The molecule has 2 atom stereocenters. The summed E-state index contributed by atoms with van der Waals surface area (Å²) in [7, 11) is 0. The zero-order valence-corrected chi connectivity index (χ0v) is 10.0. The van der Waals surface area contributed by atoms with Gasteiger partial charge in [0.15, 0.2) is 0 Å². The van der Waals surface area contributed by atoms with E-state index in [1.165, 1.54) is 4.88 Å². The van der Waals surface area contributed by atoms with E-state index in [2.05, 4.69) is 29.3 Å². The summed E-state index contributed by atoms with van der Waals surface area (Å²) < 4.78 is 0. The number of hydrogen-bond donors (Lipinski definition) is 1. The highest BCUT2D eigenvalue weighted by molar-refractivity contribution is 7.09. The van der Waals surface area contributed by atoms with Crippen molar-refractivity contribution in [3.8, 4) is 0 Å². The average molecular weight is 225 g/mol. The fraction of sp³-hybridized carbons (Fsp3) is 0.667. The second-order valence-corrected chi connectivity index (χ2v) is 5.33. The molecule has 1 fully saturated rings. The second-order valence-electron chi connectivity index (χ2n) is 4.29. The van der Waals surface area contributed by atoms with Gasteiger partial charge in [0.2, 0.25) is 0 Å². The SMILES string of the molecule is CCN1CCC(O)C(Cc2cccs2)C1. The molecular formula is C12H19NOS. The number of piperidine rings is 1. The van der Waals surface area contributed by atoms with Crippen LogP contribution in [0, 0.1) is 5.92 Å². The molecule has 2 rings (SSSR count). The topological polar surface area (TPSA) is 23.5 Å². The molecule has 0 aliphatic carbocycles. The Morgan fingerprint density at radius 2 is 2.47 bits per heavy atom. The normalized spacial score (nSPS) is 28.1. The van der Waals surface area contributed by atoms with Crippen LogP contribution in [0.2, 0.25) is 0 Å². The van der Waals surface area contributed by atoms with Gasteiger partial charge >= 0.3 is 0 Å². The van der Waals surface area contributed by atoms with Crippen LogP contribution < -0.4 is 0 Å². The Hall–Kier alpha value is -0.380. The van der Waals surface area contributed by atoms with Gasteiger partial charge in [-0.1, -0.05) is 13.0 Å². The van der Waals surface area contributed by atoms with Crippen LogP contribution in [-0.4, -0.2) is 35.7 Å². The standard InChI is InChI=1S/C12H19NOS/c1-2-13-6-5-12(14)10(9-13)8-11-4-3-7-15-11/h3-4,7,10,12,14H,2,5-6,8-9H2,1H3. The molecular weight excluding hydrogens is 206 g/mol. The van der Waals surface area contributed by atoms with Crippen molar-refractivity contribution in [2.75, 3.05) is 19.6 Å². The minimum atomic E-state index is -0.102. The Bertz CT molecular complexity index is 286. The number of likely N-dealkylation sites (tertiary alicyclic amines) is 1. The van der Waals surface area contributed by atoms with Crippen molar-refractivity contribution >= 4 is 11.3 Å². The van der Waals surface area contributed by atoms with Crippen LogP contribution in [0.3, 0.4) is 0 Å². The fourth-order valence-corrected chi connectivity index (χ4v) is 3.07. The molecule has 1 aromatic heterocycles. The molecule has 0 bridgehead atoms. The van der Waals surface area contributed by atoms with Gasteiger partial charge in [-0.2, -0.15) is 0 Å². The molecule has 1 N–H and O–H groups in total. The van der Waals surface area contributed by atoms with E-state index in [-0.39, 0.29) is 6.10 Å². The summed E-state index contributed by atoms with van der Waals surface area (Å²) in [5.41, 5.74) is 0. The molecule has 0 amide bonds. The molecule has 1 aromatic rings. The van der Waals surface area contributed by atoms with Gasteiger partial charge in [-0.05, 0) is 30.8 Å². The lowest BCUT2D eigenvalue weighted by atomic mass is 9.91. The number of nitrogens with zero attached hydrogens (tertiary/aromatic N) is 1. The van der Waals surface area contributed by atoms with E-state index in [9.17, 15) is 5.11 Å². The van der Waals surface area contributed by atoms with Gasteiger partial charge in [0, 0.05) is 23.9 Å². The number of rotatable bonds is 3. The third-order valence-corrected chi connectivity index (χ3v) is 4.17. The minimum absolute atomic E-state index is 0.102. The lowest BCUT2D eigenvalue weighted by Crippen LogP contribution is -2.43. The van der Waals surface area contributed by atoms with Crippen molar-refractivity contribution in [2.24, 2.45) is 5.92 Å². The molecule has 3 heteroatoms. The van der Waals surface area contributed by atoms with Crippen LogP contribution >= 0.6 is 11.3 Å². The van der Waals surface area contributed by atoms with Gasteiger partial charge in [0.1, 0.15) is 0 Å².